The molecule has 2 aromatic carbocycles. The number of urea groups is 1. The number of aliphatic imine (C=N–C) groups is 1. The highest BCUT2D eigenvalue weighted by molar-refractivity contribution is 7.11. The number of hydrogen-bond acceptors (Lipinski definition) is 11. The van der Waals surface area contributed by atoms with Crippen LogP contribution in [0.4, 0.5) is 10.5 Å². The maximum atomic E-state index is 13.4. The van der Waals surface area contributed by atoms with Gasteiger partial charge in [-0.25, -0.2) is 14.6 Å². The largest absolute Gasteiger partial charge is 0.466 e. The zero-order valence-electron chi connectivity index (χ0n) is 26.0. The van der Waals surface area contributed by atoms with Gasteiger partial charge in [0.05, 0.1) is 38.5 Å². The summed E-state index contributed by atoms with van der Waals surface area (Å²) < 4.78 is 16.4. The van der Waals surface area contributed by atoms with Crippen molar-refractivity contribution in [1.82, 2.24) is 25.0 Å². The van der Waals surface area contributed by atoms with Gasteiger partial charge in [-0.2, -0.15) is 0 Å². The zero-order chi connectivity index (χ0) is 32.3. The number of methoxy groups -OCH3 is 1. The SMILES string of the molecule is COC(=O)C1=C(CN2CCN3C(=O)N(c4ccc(Oc5ccc(C(=O)N6CCOCC6)cc5)cc4)C[C@@H]3C2)NC(c2nccs2)=NC1. The molecule has 0 unspecified atom stereocenters. The van der Waals surface area contributed by atoms with Gasteiger partial charge in [0.2, 0.25) is 0 Å². The van der Waals surface area contributed by atoms with Gasteiger partial charge in [-0.15, -0.1) is 11.3 Å². The Bertz CT molecular complexity index is 1690. The fourth-order valence-corrected chi connectivity index (χ4v) is 6.82. The lowest BCUT2D eigenvalue weighted by Crippen LogP contribution is -2.53. The van der Waals surface area contributed by atoms with Gasteiger partial charge >= 0.3 is 12.0 Å². The van der Waals surface area contributed by atoms with Gasteiger partial charge in [0.15, 0.2) is 10.8 Å². The molecule has 3 amide bonds. The highest BCUT2D eigenvalue weighted by Gasteiger charge is 2.41. The zero-order valence-corrected chi connectivity index (χ0v) is 26.8. The third-order valence-electron chi connectivity index (χ3n) is 8.70. The minimum Gasteiger partial charge on any atom is -0.466 e. The molecule has 3 aromatic rings. The molecule has 13 nitrogen and oxygen atoms in total. The van der Waals surface area contributed by atoms with E-state index >= 15 is 0 Å². The van der Waals surface area contributed by atoms with Crippen LogP contribution in [0.5, 0.6) is 11.5 Å². The number of aromatic nitrogens is 1. The number of benzene rings is 2. The van der Waals surface area contributed by atoms with E-state index in [-0.39, 0.29) is 24.5 Å². The molecule has 4 aliphatic rings. The Labute approximate surface area is 276 Å². The van der Waals surface area contributed by atoms with Crippen LogP contribution in [-0.2, 0) is 14.3 Å². The molecule has 1 aromatic heterocycles. The molecule has 0 radical (unpaired) electrons. The maximum absolute atomic E-state index is 13.4. The number of carbonyl (C=O) groups excluding carboxylic acids is 3. The number of piperazine rings is 1. The van der Waals surface area contributed by atoms with E-state index in [9.17, 15) is 14.4 Å². The van der Waals surface area contributed by atoms with Crippen molar-refractivity contribution in [2.24, 2.45) is 4.99 Å². The van der Waals surface area contributed by atoms with E-state index < -0.39 is 5.97 Å². The number of carbonyl (C=O) groups is 3. The molecule has 244 valence electrons. The Hall–Kier alpha value is -4.79. The minimum atomic E-state index is -0.404. The van der Waals surface area contributed by atoms with Crippen LogP contribution in [0.25, 0.3) is 0 Å². The fourth-order valence-electron chi connectivity index (χ4n) is 6.22. The lowest BCUT2D eigenvalue weighted by molar-refractivity contribution is -0.136. The predicted octanol–water partition coefficient (Wildman–Crippen LogP) is 2.81. The van der Waals surface area contributed by atoms with E-state index in [1.807, 2.05) is 34.5 Å². The third-order valence-corrected chi connectivity index (χ3v) is 9.48. The first-order valence-corrected chi connectivity index (χ1v) is 16.4. The number of nitrogens with one attached hydrogen (secondary N) is 1. The number of fused-ring (bicyclic) bond motifs is 1. The molecule has 7 rings (SSSR count). The second kappa shape index (κ2) is 13.5. The average Bonchev–Trinajstić information content (AvgIpc) is 3.77. The molecule has 0 bridgehead atoms. The predicted molar refractivity (Wildman–Crippen MR) is 175 cm³/mol. The second-order valence-corrected chi connectivity index (χ2v) is 12.5. The molecule has 0 saturated carbocycles. The van der Waals surface area contributed by atoms with Gasteiger partial charge in [0, 0.05) is 74.3 Å². The lowest BCUT2D eigenvalue weighted by Gasteiger charge is -2.37. The summed E-state index contributed by atoms with van der Waals surface area (Å²) in [6.07, 6.45) is 1.72. The molecule has 4 aliphatic heterocycles. The molecule has 0 aliphatic carbocycles. The quantitative estimate of drug-likeness (QED) is 0.364. The smallest absolute Gasteiger partial charge is 0.337 e. The lowest BCUT2D eigenvalue weighted by atomic mass is 10.1. The molecular formula is C33H35N7O6S. The third kappa shape index (κ3) is 6.57. The van der Waals surface area contributed by atoms with Crippen molar-refractivity contribution < 1.29 is 28.6 Å². The van der Waals surface area contributed by atoms with Gasteiger partial charge in [-0.05, 0) is 48.5 Å². The van der Waals surface area contributed by atoms with Crippen LogP contribution >= 0.6 is 11.3 Å². The molecule has 14 heteroatoms. The average molecular weight is 658 g/mol. The Kier molecular flexibility index (Phi) is 8.87. The first-order chi connectivity index (χ1) is 23.0. The molecule has 3 fully saturated rings. The fraction of sp³-hybridized carbons (Fsp3) is 0.364. The molecule has 1 N–H and O–H groups in total. The summed E-state index contributed by atoms with van der Waals surface area (Å²) in [5, 5.41) is 5.98. The highest BCUT2D eigenvalue weighted by atomic mass is 32.1. The summed E-state index contributed by atoms with van der Waals surface area (Å²) in [5.74, 6) is 1.48. The molecule has 1 atom stereocenters. The summed E-state index contributed by atoms with van der Waals surface area (Å²) in [6.45, 7) is 5.50. The normalized spacial score (nSPS) is 20.1. The molecule has 0 spiro atoms. The Balaban J connectivity index is 0.965. The summed E-state index contributed by atoms with van der Waals surface area (Å²) >= 11 is 1.48. The minimum absolute atomic E-state index is 0.00345. The number of thiazole rings is 1. The summed E-state index contributed by atoms with van der Waals surface area (Å²) in [6, 6.07) is 14.6. The molecule has 5 heterocycles. The van der Waals surface area contributed by atoms with Crippen molar-refractivity contribution in [3.05, 3.63) is 81.9 Å². The van der Waals surface area contributed by atoms with Crippen molar-refractivity contribution in [1.29, 1.82) is 0 Å². The Morgan fingerprint density at radius 2 is 1.74 bits per heavy atom. The van der Waals surface area contributed by atoms with Gasteiger partial charge < -0.3 is 29.3 Å². The van der Waals surface area contributed by atoms with E-state index in [1.165, 1.54) is 18.4 Å². The number of rotatable bonds is 8. The van der Waals surface area contributed by atoms with Crippen LogP contribution in [0.15, 0.2) is 76.4 Å². The number of anilines is 1. The number of amidine groups is 1. The summed E-state index contributed by atoms with van der Waals surface area (Å²) in [7, 11) is 1.37. The van der Waals surface area contributed by atoms with Gasteiger partial charge in [0.25, 0.3) is 5.91 Å². The number of esters is 1. The van der Waals surface area contributed by atoms with Crippen LogP contribution < -0.4 is 15.0 Å². The van der Waals surface area contributed by atoms with E-state index in [2.05, 4.69) is 20.2 Å². The Morgan fingerprint density at radius 1 is 1.00 bits per heavy atom. The second-order valence-electron chi connectivity index (χ2n) is 11.6. The summed E-state index contributed by atoms with van der Waals surface area (Å²) in [5.41, 5.74) is 2.66. The van der Waals surface area contributed by atoms with E-state index in [1.54, 1.807) is 40.3 Å². The van der Waals surface area contributed by atoms with Gasteiger partial charge in [-0.1, -0.05) is 0 Å². The van der Waals surface area contributed by atoms with Crippen LogP contribution in [0.1, 0.15) is 15.4 Å². The molecular weight excluding hydrogens is 622 g/mol. The van der Waals surface area contributed by atoms with Crippen molar-refractivity contribution >= 4 is 40.8 Å². The van der Waals surface area contributed by atoms with Crippen molar-refractivity contribution in [2.45, 2.75) is 6.04 Å². The van der Waals surface area contributed by atoms with Crippen LogP contribution in [0.2, 0.25) is 0 Å². The number of nitrogens with zero attached hydrogens (tertiary/aromatic N) is 6. The van der Waals surface area contributed by atoms with Crippen LogP contribution in [-0.4, -0.2) is 122 Å². The number of amides is 3. The molecule has 47 heavy (non-hydrogen) atoms. The van der Waals surface area contributed by atoms with Crippen molar-refractivity contribution in [3.8, 4) is 11.5 Å². The van der Waals surface area contributed by atoms with Crippen LogP contribution in [0, 0.1) is 0 Å². The topological polar surface area (TPSA) is 129 Å². The van der Waals surface area contributed by atoms with E-state index in [0.29, 0.717) is 87.5 Å². The number of morpholine rings is 1. The van der Waals surface area contributed by atoms with Gasteiger partial charge in [0.1, 0.15) is 11.5 Å². The monoisotopic (exact) mass is 657 g/mol. The first kappa shape index (κ1) is 30.8. The number of ether oxygens (including phenoxy) is 3. The van der Waals surface area contributed by atoms with Gasteiger partial charge in [-0.3, -0.25) is 19.6 Å². The van der Waals surface area contributed by atoms with Crippen molar-refractivity contribution in [3.63, 3.8) is 0 Å². The van der Waals surface area contributed by atoms with E-state index in [0.717, 1.165) is 16.4 Å². The number of hydrogen-bond donors (Lipinski definition) is 1. The molecule has 3 saturated heterocycles. The Morgan fingerprint density at radius 3 is 2.45 bits per heavy atom. The standard InChI is InChI=1S/C33H35N7O6S/c1-44-32(42)27-18-35-29(30-34-10-17-47-30)36-28(27)21-37-11-12-39-24(19-37)20-40(33(39)43)23-4-8-26(9-5-23)46-25-6-2-22(3-7-25)31(41)38-13-15-45-16-14-38/h2-10,17,24H,11-16,18-21H2,1H3,(H,35,36)/t24-/m0/s1. The van der Waals surface area contributed by atoms with Crippen molar-refractivity contribution in [2.75, 3.05) is 77.6 Å². The van der Waals surface area contributed by atoms with E-state index in [4.69, 9.17) is 14.2 Å². The van der Waals surface area contributed by atoms with Crippen LogP contribution in [0.3, 0.4) is 0 Å². The summed E-state index contributed by atoms with van der Waals surface area (Å²) in [4.78, 5) is 55.3. The highest BCUT2D eigenvalue weighted by Crippen LogP contribution is 2.30. The first-order valence-electron chi connectivity index (χ1n) is 15.5. The maximum Gasteiger partial charge on any atom is 0.337 e.